The van der Waals surface area contributed by atoms with E-state index in [4.69, 9.17) is 9.15 Å². The van der Waals surface area contributed by atoms with Crippen molar-refractivity contribution in [2.24, 2.45) is 0 Å². The van der Waals surface area contributed by atoms with Crippen LogP contribution >= 0.6 is 11.8 Å². The fourth-order valence-electron chi connectivity index (χ4n) is 2.34. The van der Waals surface area contributed by atoms with Gasteiger partial charge in [0.2, 0.25) is 5.89 Å². The van der Waals surface area contributed by atoms with Crippen LogP contribution in [0, 0.1) is 0 Å². The molecule has 2 heterocycles. The smallest absolute Gasteiger partial charge is 0.276 e. The highest BCUT2D eigenvalue weighted by Crippen LogP contribution is 2.25. The molecule has 0 fully saturated rings. The van der Waals surface area contributed by atoms with Crippen molar-refractivity contribution in [3.8, 4) is 17.2 Å². The molecule has 0 spiro atoms. The van der Waals surface area contributed by atoms with E-state index in [0.717, 1.165) is 23.5 Å². The van der Waals surface area contributed by atoms with E-state index in [9.17, 15) is 0 Å². The molecule has 6 heteroatoms. The Labute approximate surface area is 158 Å². The lowest BCUT2D eigenvalue weighted by Crippen LogP contribution is -2.10. The van der Waals surface area contributed by atoms with Gasteiger partial charge in [0.15, 0.2) is 0 Å². The number of thioether (sulfide) groups is 1. The van der Waals surface area contributed by atoms with Crippen molar-refractivity contribution in [2.45, 2.75) is 37.8 Å². The first-order valence-electron chi connectivity index (χ1n) is 8.62. The summed E-state index contributed by atoms with van der Waals surface area (Å²) in [6, 6.07) is 12.0. The zero-order valence-electron chi connectivity index (χ0n) is 15.3. The summed E-state index contributed by atoms with van der Waals surface area (Å²) in [4.78, 5) is 3.98. The zero-order valence-corrected chi connectivity index (χ0v) is 16.1. The molecule has 3 rings (SSSR count). The van der Waals surface area contributed by atoms with E-state index in [1.807, 2.05) is 24.3 Å². The maximum absolute atomic E-state index is 5.80. The van der Waals surface area contributed by atoms with Gasteiger partial charge in [0.1, 0.15) is 5.75 Å². The fourth-order valence-corrected chi connectivity index (χ4v) is 3.01. The minimum atomic E-state index is 0.161. The Morgan fingerprint density at radius 2 is 1.73 bits per heavy atom. The number of ether oxygens (including phenoxy) is 1. The van der Waals surface area contributed by atoms with Gasteiger partial charge >= 0.3 is 0 Å². The van der Waals surface area contributed by atoms with Crippen LogP contribution in [0.4, 0.5) is 0 Å². The van der Waals surface area contributed by atoms with Crippen LogP contribution in [0.2, 0.25) is 0 Å². The largest absolute Gasteiger partial charge is 0.494 e. The topological polar surface area (TPSA) is 61.0 Å². The van der Waals surface area contributed by atoms with Crippen molar-refractivity contribution in [3.05, 3.63) is 54.4 Å². The van der Waals surface area contributed by atoms with Crippen LogP contribution in [-0.2, 0) is 5.41 Å². The summed E-state index contributed by atoms with van der Waals surface area (Å²) in [6.07, 6.45) is 4.31. The Hall–Kier alpha value is -2.34. The third-order valence-corrected chi connectivity index (χ3v) is 4.74. The van der Waals surface area contributed by atoms with Gasteiger partial charge in [0, 0.05) is 23.7 Å². The number of hydrogen-bond donors (Lipinski definition) is 0. The number of hydrogen-bond acceptors (Lipinski definition) is 6. The second-order valence-electron chi connectivity index (χ2n) is 6.93. The number of benzene rings is 1. The Morgan fingerprint density at radius 3 is 2.42 bits per heavy atom. The fraction of sp³-hybridized carbons (Fsp3) is 0.350. The third kappa shape index (κ3) is 5.08. The predicted octanol–water partition coefficient (Wildman–Crippen LogP) is 4.99. The molecule has 136 valence electrons. The predicted molar refractivity (Wildman–Crippen MR) is 104 cm³/mol. The van der Waals surface area contributed by atoms with Crippen molar-refractivity contribution in [1.29, 1.82) is 0 Å². The van der Waals surface area contributed by atoms with E-state index in [0.29, 0.717) is 17.7 Å². The maximum atomic E-state index is 5.80. The lowest BCUT2D eigenvalue weighted by atomic mass is 9.87. The van der Waals surface area contributed by atoms with E-state index < -0.39 is 0 Å². The lowest BCUT2D eigenvalue weighted by molar-refractivity contribution is 0.318. The second-order valence-corrected chi connectivity index (χ2v) is 7.98. The summed E-state index contributed by atoms with van der Waals surface area (Å²) in [5, 5.41) is 8.71. The molecule has 0 unspecified atom stereocenters. The summed E-state index contributed by atoms with van der Waals surface area (Å²) in [7, 11) is 0. The lowest BCUT2D eigenvalue weighted by Gasteiger charge is -2.19. The first-order valence-corrected chi connectivity index (χ1v) is 9.61. The molecule has 26 heavy (non-hydrogen) atoms. The van der Waals surface area contributed by atoms with Gasteiger partial charge < -0.3 is 9.15 Å². The van der Waals surface area contributed by atoms with Crippen molar-refractivity contribution >= 4 is 11.8 Å². The molecule has 0 radical (unpaired) electrons. The first-order chi connectivity index (χ1) is 12.5. The molecule has 1 aromatic carbocycles. The van der Waals surface area contributed by atoms with E-state index in [-0.39, 0.29) is 5.41 Å². The van der Waals surface area contributed by atoms with Gasteiger partial charge in [-0.05, 0) is 41.7 Å². The third-order valence-electron chi connectivity index (χ3n) is 3.84. The highest BCUT2D eigenvalue weighted by atomic mass is 32.2. The van der Waals surface area contributed by atoms with Crippen LogP contribution in [0.3, 0.4) is 0 Å². The van der Waals surface area contributed by atoms with Crippen LogP contribution in [0.15, 0.2) is 58.4 Å². The Morgan fingerprint density at radius 1 is 1.00 bits per heavy atom. The summed E-state index contributed by atoms with van der Waals surface area (Å²) >= 11 is 1.54. The van der Waals surface area contributed by atoms with Crippen LogP contribution in [-0.4, -0.2) is 27.5 Å². The molecule has 0 saturated carbocycles. The van der Waals surface area contributed by atoms with Crippen LogP contribution < -0.4 is 4.74 Å². The second kappa shape index (κ2) is 8.36. The Balaban J connectivity index is 1.40. The molecule has 0 amide bonds. The Bertz CT molecular complexity index is 811. The average molecular weight is 369 g/mol. The van der Waals surface area contributed by atoms with Gasteiger partial charge in [-0.25, -0.2) is 0 Å². The van der Waals surface area contributed by atoms with Crippen molar-refractivity contribution < 1.29 is 9.15 Å². The molecule has 3 aromatic rings. The minimum absolute atomic E-state index is 0.161. The molecule has 0 bridgehead atoms. The van der Waals surface area contributed by atoms with Crippen LogP contribution in [0.25, 0.3) is 11.5 Å². The standard InChI is InChI=1S/C20H23N3O2S/c1-20(2,3)16-5-7-17(8-6-16)24-13-4-14-26-19-23-22-18(25-19)15-9-11-21-12-10-15/h5-12H,4,13-14H2,1-3H3. The van der Waals surface area contributed by atoms with Gasteiger partial charge in [-0.3, -0.25) is 4.98 Å². The summed E-state index contributed by atoms with van der Waals surface area (Å²) < 4.78 is 11.5. The van der Waals surface area contributed by atoms with Crippen LogP contribution in [0.1, 0.15) is 32.8 Å². The molecule has 0 aliphatic rings. The van der Waals surface area contributed by atoms with Gasteiger partial charge in [-0.2, -0.15) is 0 Å². The minimum Gasteiger partial charge on any atom is -0.494 e. The first kappa shape index (κ1) is 18.5. The molecular formula is C20H23N3O2S. The Kier molecular flexibility index (Phi) is 5.93. The highest BCUT2D eigenvalue weighted by Gasteiger charge is 2.13. The molecule has 0 saturated heterocycles. The number of pyridine rings is 1. The van der Waals surface area contributed by atoms with Crippen molar-refractivity contribution in [1.82, 2.24) is 15.2 Å². The van der Waals surface area contributed by atoms with Gasteiger partial charge in [-0.1, -0.05) is 44.7 Å². The molecule has 0 aliphatic carbocycles. The van der Waals surface area contributed by atoms with E-state index in [2.05, 4.69) is 48.1 Å². The number of aromatic nitrogens is 3. The van der Waals surface area contributed by atoms with E-state index in [1.54, 1.807) is 24.2 Å². The molecule has 5 nitrogen and oxygen atoms in total. The highest BCUT2D eigenvalue weighted by molar-refractivity contribution is 7.99. The monoisotopic (exact) mass is 369 g/mol. The molecule has 2 aromatic heterocycles. The molecule has 0 N–H and O–H groups in total. The number of nitrogens with zero attached hydrogens (tertiary/aromatic N) is 3. The van der Waals surface area contributed by atoms with Gasteiger partial charge in [-0.15, -0.1) is 10.2 Å². The summed E-state index contributed by atoms with van der Waals surface area (Å²) in [5.41, 5.74) is 2.34. The van der Waals surface area contributed by atoms with Gasteiger partial charge in [0.05, 0.1) is 6.61 Å². The van der Waals surface area contributed by atoms with Crippen molar-refractivity contribution in [2.75, 3.05) is 12.4 Å². The summed E-state index contributed by atoms with van der Waals surface area (Å²) in [6.45, 7) is 7.28. The molecular weight excluding hydrogens is 346 g/mol. The quantitative estimate of drug-likeness (QED) is 0.432. The normalized spacial score (nSPS) is 11.5. The number of rotatable bonds is 7. The molecule has 0 aliphatic heterocycles. The average Bonchev–Trinajstić information content (AvgIpc) is 3.11. The summed E-state index contributed by atoms with van der Waals surface area (Å²) in [5.74, 6) is 2.28. The molecule has 0 atom stereocenters. The van der Waals surface area contributed by atoms with Gasteiger partial charge in [0.25, 0.3) is 5.22 Å². The van der Waals surface area contributed by atoms with E-state index >= 15 is 0 Å². The SMILES string of the molecule is CC(C)(C)c1ccc(OCCCSc2nnc(-c3ccncc3)o2)cc1. The van der Waals surface area contributed by atoms with Crippen molar-refractivity contribution in [3.63, 3.8) is 0 Å². The maximum Gasteiger partial charge on any atom is 0.276 e. The van der Waals surface area contributed by atoms with Crippen LogP contribution in [0.5, 0.6) is 5.75 Å². The zero-order chi connectivity index (χ0) is 18.4. The van der Waals surface area contributed by atoms with E-state index in [1.165, 1.54) is 5.56 Å².